The Kier molecular flexibility index (Phi) is 4.50. The summed E-state index contributed by atoms with van der Waals surface area (Å²) in [5, 5.41) is 8.57. The molecule has 1 atom stereocenters. The van der Waals surface area contributed by atoms with Crippen molar-refractivity contribution in [2.24, 2.45) is 0 Å². The molecular formula is C17H20ClN5O2S. The number of thiophene rings is 1. The van der Waals surface area contributed by atoms with Gasteiger partial charge in [0, 0.05) is 31.2 Å². The molecule has 2 aromatic rings. The lowest BCUT2D eigenvalue weighted by Gasteiger charge is -2.46. The second-order valence-electron chi connectivity index (χ2n) is 6.96. The molecular weight excluding hydrogens is 374 g/mol. The van der Waals surface area contributed by atoms with E-state index in [1.807, 2.05) is 33.7 Å². The molecule has 2 aliphatic rings. The van der Waals surface area contributed by atoms with E-state index in [9.17, 15) is 9.59 Å². The summed E-state index contributed by atoms with van der Waals surface area (Å²) in [5.41, 5.74) is 0.747. The van der Waals surface area contributed by atoms with E-state index < -0.39 is 0 Å². The third kappa shape index (κ3) is 3.13. The van der Waals surface area contributed by atoms with E-state index in [0.717, 1.165) is 12.1 Å². The maximum absolute atomic E-state index is 12.7. The number of likely N-dealkylation sites (N-methyl/N-ethyl adjacent to an activating group) is 1. The minimum Gasteiger partial charge on any atom is -0.339 e. The Hall–Kier alpha value is -1.90. The third-order valence-corrected chi connectivity index (χ3v) is 6.20. The lowest BCUT2D eigenvalue weighted by Crippen LogP contribution is -2.64. The highest BCUT2D eigenvalue weighted by molar-refractivity contribution is 7.08. The molecule has 4 rings (SSSR count). The predicted molar refractivity (Wildman–Crippen MR) is 100 cm³/mol. The molecule has 0 bridgehead atoms. The Morgan fingerprint density at radius 3 is 2.96 bits per heavy atom. The molecule has 9 heteroatoms. The molecule has 2 aliphatic heterocycles. The quantitative estimate of drug-likeness (QED) is 0.793. The minimum atomic E-state index is -0.201. The monoisotopic (exact) mass is 393 g/mol. The molecule has 26 heavy (non-hydrogen) atoms. The lowest BCUT2D eigenvalue weighted by atomic mass is 9.93. The van der Waals surface area contributed by atoms with Gasteiger partial charge in [-0.15, -0.1) is 0 Å². The zero-order chi connectivity index (χ0) is 18.3. The average molecular weight is 394 g/mol. The number of carbonyl (C=O) groups is 2. The van der Waals surface area contributed by atoms with Crippen LogP contribution >= 0.6 is 22.9 Å². The summed E-state index contributed by atoms with van der Waals surface area (Å²) in [4.78, 5) is 31.0. The number of nitrogens with zero attached hydrogens (tertiary/aromatic N) is 5. The summed E-state index contributed by atoms with van der Waals surface area (Å²) in [5.74, 6) is 0.126. The smallest absolute Gasteiger partial charge is 0.244 e. The summed E-state index contributed by atoms with van der Waals surface area (Å²) in [6.45, 7) is 2.46. The zero-order valence-electron chi connectivity index (χ0n) is 14.5. The molecule has 4 heterocycles. The van der Waals surface area contributed by atoms with Crippen LogP contribution in [0.25, 0.3) is 0 Å². The largest absolute Gasteiger partial charge is 0.339 e. The standard InChI is InChI=1S/C17H20ClN5O2S/c1-20-8-16(25)23(14-2-5-26-10-14)12-17(20)3-4-21(11-17)15(24)9-22-7-13(18)6-19-22/h2,5-7,10H,3-4,8-9,11-12H2,1H3. The number of carbonyl (C=O) groups excluding carboxylic acids is 2. The van der Waals surface area contributed by atoms with Crippen molar-refractivity contribution in [1.82, 2.24) is 19.6 Å². The van der Waals surface area contributed by atoms with Crippen LogP contribution in [-0.2, 0) is 16.1 Å². The molecule has 2 amide bonds. The highest BCUT2D eigenvalue weighted by Gasteiger charge is 2.48. The highest BCUT2D eigenvalue weighted by Crippen LogP contribution is 2.34. The van der Waals surface area contributed by atoms with Crippen LogP contribution in [0, 0.1) is 0 Å². The predicted octanol–water partition coefficient (Wildman–Crippen LogP) is 1.55. The van der Waals surface area contributed by atoms with Gasteiger partial charge in [0.1, 0.15) is 6.54 Å². The summed E-state index contributed by atoms with van der Waals surface area (Å²) < 4.78 is 1.56. The van der Waals surface area contributed by atoms with Crippen molar-refractivity contribution in [3.63, 3.8) is 0 Å². The van der Waals surface area contributed by atoms with Crippen molar-refractivity contribution in [2.75, 3.05) is 38.1 Å². The molecule has 0 aromatic carbocycles. The molecule has 2 aromatic heterocycles. The van der Waals surface area contributed by atoms with Gasteiger partial charge in [0.05, 0.1) is 29.0 Å². The van der Waals surface area contributed by atoms with Crippen molar-refractivity contribution in [3.8, 4) is 0 Å². The topological polar surface area (TPSA) is 61.7 Å². The molecule has 1 spiro atoms. The maximum atomic E-state index is 12.7. The Labute approximate surface area is 160 Å². The second-order valence-corrected chi connectivity index (χ2v) is 8.18. The van der Waals surface area contributed by atoms with Gasteiger partial charge >= 0.3 is 0 Å². The average Bonchev–Trinajstić information content (AvgIpc) is 3.33. The Morgan fingerprint density at radius 2 is 2.27 bits per heavy atom. The van der Waals surface area contributed by atoms with E-state index in [1.54, 1.807) is 22.2 Å². The van der Waals surface area contributed by atoms with E-state index in [-0.39, 0.29) is 23.9 Å². The summed E-state index contributed by atoms with van der Waals surface area (Å²) in [6.07, 6.45) is 4.03. The Morgan fingerprint density at radius 1 is 1.42 bits per heavy atom. The Bertz CT molecular complexity index is 823. The van der Waals surface area contributed by atoms with Crippen molar-refractivity contribution in [2.45, 2.75) is 18.5 Å². The summed E-state index contributed by atoms with van der Waals surface area (Å²) in [6, 6.07) is 1.97. The number of halogens is 1. The fourth-order valence-corrected chi connectivity index (χ4v) is 4.58. The van der Waals surface area contributed by atoms with Crippen molar-refractivity contribution in [3.05, 3.63) is 34.2 Å². The molecule has 138 valence electrons. The SMILES string of the molecule is CN1CC(=O)N(c2ccsc2)CC12CCN(C(=O)Cn1cc(Cl)cn1)C2. The fraction of sp³-hybridized carbons (Fsp3) is 0.471. The van der Waals surface area contributed by atoms with Gasteiger partial charge in [-0.05, 0) is 24.9 Å². The number of hydrogen-bond donors (Lipinski definition) is 0. The lowest BCUT2D eigenvalue weighted by molar-refractivity contribution is -0.131. The van der Waals surface area contributed by atoms with E-state index in [4.69, 9.17) is 11.6 Å². The number of rotatable bonds is 3. The van der Waals surface area contributed by atoms with Crippen LogP contribution in [0.2, 0.25) is 5.02 Å². The van der Waals surface area contributed by atoms with Crippen molar-refractivity contribution < 1.29 is 9.59 Å². The van der Waals surface area contributed by atoms with Gasteiger partial charge in [0.2, 0.25) is 11.8 Å². The first-order valence-electron chi connectivity index (χ1n) is 8.46. The Balaban J connectivity index is 1.48. The van der Waals surface area contributed by atoms with Gasteiger partial charge in [0.25, 0.3) is 0 Å². The number of piperazine rings is 1. The van der Waals surface area contributed by atoms with Crippen LogP contribution in [0.15, 0.2) is 29.2 Å². The number of hydrogen-bond acceptors (Lipinski definition) is 5. The molecule has 7 nitrogen and oxygen atoms in total. The zero-order valence-corrected chi connectivity index (χ0v) is 16.0. The first kappa shape index (κ1) is 17.5. The molecule has 0 N–H and O–H groups in total. The van der Waals surface area contributed by atoms with Crippen LogP contribution in [-0.4, -0.2) is 70.2 Å². The van der Waals surface area contributed by atoms with Crippen LogP contribution in [0.5, 0.6) is 0 Å². The van der Waals surface area contributed by atoms with Gasteiger partial charge in [-0.3, -0.25) is 19.2 Å². The highest BCUT2D eigenvalue weighted by atomic mass is 35.5. The summed E-state index contributed by atoms with van der Waals surface area (Å²) >= 11 is 7.45. The number of aromatic nitrogens is 2. The molecule has 2 fully saturated rings. The van der Waals surface area contributed by atoms with Crippen molar-refractivity contribution >= 4 is 40.4 Å². The van der Waals surface area contributed by atoms with Crippen LogP contribution in [0.4, 0.5) is 5.69 Å². The number of likely N-dealkylation sites (tertiary alicyclic amines) is 1. The molecule has 0 aliphatic carbocycles. The number of amides is 2. The van der Waals surface area contributed by atoms with Gasteiger partial charge in [0.15, 0.2) is 0 Å². The van der Waals surface area contributed by atoms with Crippen LogP contribution < -0.4 is 4.90 Å². The fourth-order valence-electron chi connectivity index (χ4n) is 3.78. The molecule has 0 radical (unpaired) electrons. The van der Waals surface area contributed by atoms with E-state index >= 15 is 0 Å². The van der Waals surface area contributed by atoms with Gasteiger partial charge in [-0.2, -0.15) is 16.4 Å². The minimum absolute atomic E-state index is 0.0222. The van der Waals surface area contributed by atoms with Crippen LogP contribution in [0.1, 0.15) is 6.42 Å². The first-order valence-corrected chi connectivity index (χ1v) is 9.78. The van der Waals surface area contributed by atoms with E-state index in [2.05, 4.69) is 10.00 Å². The van der Waals surface area contributed by atoms with Crippen LogP contribution in [0.3, 0.4) is 0 Å². The normalized spacial score (nSPS) is 24.0. The maximum Gasteiger partial charge on any atom is 0.244 e. The van der Waals surface area contributed by atoms with E-state index in [0.29, 0.717) is 31.2 Å². The molecule has 1 unspecified atom stereocenters. The molecule has 2 saturated heterocycles. The van der Waals surface area contributed by atoms with Gasteiger partial charge < -0.3 is 9.80 Å². The second kappa shape index (κ2) is 6.68. The third-order valence-electron chi connectivity index (χ3n) is 5.34. The van der Waals surface area contributed by atoms with Gasteiger partial charge in [-0.1, -0.05) is 11.6 Å². The molecule has 0 saturated carbocycles. The van der Waals surface area contributed by atoms with E-state index in [1.165, 1.54) is 6.20 Å². The summed E-state index contributed by atoms with van der Waals surface area (Å²) in [7, 11) is 1.98. The van der Waals surface area contributed by atoms with Gasteiger partial charge in [-0.25, -0.2) is 0 Å². The van der Waals surface area contributed by atoms with Crippen molar-refractivity contribution in [1.29, 1.82) is 0 Å². The first-order chi connectivity index (χ1) is 12.5. The number of anilines is 1.